The molecular weight excluding hydrogens is 1160 g/mol. The third kappa shape index (κ3) is 43.6. The number of aliphatic hydroxyl groups excluding tert-OH is 8. The maximum atomic E-state index is 13.3. The van der Waals surface area contributed by atoms with Crippen LogP contribution >= 0.6 is 0 Å². The minimum absolute atomic E-state index is 0.250. The lowest BCUT2D eigenvalue weighted by molar-refractivity contribution is -0.359. The molecule has 9 N–H and O–H groups in total. The third-order valence-corrected chi connectivity index (χ3v) is 16.2. The van der Waals surface area contributed by atoms with Crippen LogP contribution in [0.2, 0.25) is 0 Å². The number of carbonyl (C=O) groups excluding carboxylic acids is 1. The highest BCUT2D eigenvalue weighted by molar-refractivity contribution is 5.76. The lowest BCUT2D eigenvalue weighted by atomic mass is 9.97. The van der Waals surface area contributed by atoms with Crippen LogP contribution in [0, 0.1) is 0 Å². The van der Waals surface area contributed by atoms with E-state index in [9.17, 15) is 45.6 Å². The fourth-order valence-corrected chi connectivity index (χ4v) is 10.5. The summed E-state index contributed by atoms with van der Waals surface area (Å²) in [5.41, 5.74) is 0. The maximum Gasteiger partial charge on any atom is 0.220 e. The number of hydrogen-bond donors (Lipinski definition) is 9. The van der Waals surface area contributed by atoms with E-state index in [2.05, 4.69) is 165 Å². The number of amides is 1. The monoisotopic (exact) mass is 1290 g/mol. The fourth-order valence-electron chi connectivity index (χ4n) is 10.5. The standard InChI is InChI=1S/C78H127NO13/c1-3-5-7-9-11-13-15-17-19-21-22-23-24-25-26-27-28-29-30-31-32-33-34-35-36-37-38-39-40-41-42-43-44-46-48-50-52-54-56-58-60-62-70(83)79-66(67(82)61-59-57-55-53-51-49-47-45-20-18-16-14-12-10-8-6-4-2)65-89-77-75(88)73(86)76(69(64-81)91-77)92-78-74(87)72(85)71(84)68(63-80)90-78/h5,7,11,13,17,19,22-23,25-26,28-29,31-32,34-35,37-38,40-41,43-44,51,53,59,61,66-69,71-78,80-82,84-88H,3-4,6,8-10,12,14-16,18,20-21,24,27,30,33,36,39,42,45-50,52,54-58,60,62-65H2,1-2H3,(H,79,83)/b7-5-,13-11-,19-17-,23-22-,26-25-,29-28-,32-31-,35-34-,38-37-,41-40-,44-43-,53-51+,61-59+. The summed E-state index contributed by atoms with van der Waals surface area (Å²) < 4.78 is 22.8. The van der Waals surface area contributed by atoms with Crippen molar-refractivity contribution < 1.29 is 64.6 Å². The zero-order chi connectivity index (χ0) is 66.6. The molecule has 2 rings (SSSR count). The third-order valence-electron chi connectivity index (χ3n) is 16.2. The first-order valence-electron chi connectivity index (χ1n) is 35.7. The Kier molecular flexibility index (Phi) is 54.8. The summed E-state index contributed by atoms with van der Waals surface area (Å²) in [6, 6.07) is -0.949. The van der Waals surface area contributed by atoms with Crippen LogP contribution in [0.5, 0.6) is 0 Å². The number of aliphatic hydroxyl groups is 8. The molecule has 0 aliphatic carbocycles. The van der Waals surface area contributed by atoms with Crippen LogP contribution in [0.3, 0.4) is 0 Å². The maximum absolute atomic E-state index is 13.3. The molecule has 0 radical (unpaired) electrons. The van der Waals surface area contributed by atoms with E-state index in [1.54, 1.807) is 6.08 Å². The van der Waals surface area contributed by atoms with Gasteiger partial charge in [-0.2, -0.15) is 0 Å². The highest BCUT2D eigenvalue weighted by atomic mass is 16.7. The van der Waals surface area contributed by atoms with Gasteiger partial charge in [0.1, 0.15) is 48.8 Å². The summed E-state index contributed by atoms with van der Waals surface area (Å²) in [5, 5.41) is 87.3. The first kappa shape index (κ1) is 83.7. The molecule has 2 fully saturated rings. The van der Waals surface area contributed by atoms with Gasteiger partial charge in [-0.1, -0.05) is 268 Å². The van der Waals surface area contributed by atoms with E-state index < -0.39 is 86.8 Å². The Labute approximate surface area is 556 Å². The van der Waals surface area contributed by atoms with Gasteiger partial charge in [-0.25, -0.2) is 0 Å². The van der Waals surface area contributed by atoms with Crippen molar-refractivity contribution in [2.75, 3.05) is 19.8 Å². The van der Waals surface area contributed by atoms with E-state index >= 15 is 0 Å². The number of allylic oxidation sites excluding steroid dienone is 25. The normalized spacial score (nSPS) is 23.7. The molecule has 0 spiro atoms. The van der Waals surface area contributed by atoms with Gasteiger partial charge in [0, 0.05) is 6.42 Å². The second-order valence-electron chi connectivity index (χ2n) is 24.3. The molecule has 2 heterocycles. The van der Waals surface area contributed by atoms with Crippen molar-refractivity contribution in [3.05, 3.63) is 158 Å². The van der Waals surface area contributed by atoms with Crippen LogP contribution in [-0.4, -0.2) is 140 Å². The Hall–Kier alpha value is -4.39. The van der Waals surface area contributed by atoms with E-state index in [4.69, 9.17) is 18.9 Å². The summed E-state index contributed by atoms with van der Waals surface area (Å²) in [7, 11) is 0. The number of carbonyl (C=O) groups is 1. The average Bonchev–Trinajstić information content (AvgIpc) is 0.856. The zero-order valence-electron chi connectivity index (χ0n) is 56.7. The highest BCUT2D eigenvalue weighted by Gasteiger charge is 2.51. The van der Waals surface area contributed by atoms with Gasteiger partial charge in [-0.3, -0.25) is 4.79 Å². The van der Waals surface area contributed by atoms with Gasteiger partial charge in [0.2, 0.25) is 5.91 Å². The molecule has 0 aromatic rings. The summed E-state index contributed by atoms with van der Waals surface area (Å²) >= 11 is 0. The van der Waals surface area contributed by atoms with Crippen LogP contribution in [0.15, 0.2) is 158 Å². The number of rotatable bonds is 56. The van der Waals surface area contributed by atoms with Crippen molar-refractivity contribution in [1.82, 2.24) is 5.32 Å². The van der Waals surface area contributed by atoms with Crippen LogP contribution in [0.4, 0.5) is 0 Å². The molecule has 2 saturated heterocycles. The van der Waals surface area contributed by atoms with E-state index in [1.807, 2.05) is 6.08 Å². The molecule has 0 bridgehead atoms. The smallest absolute Gasteiger partial charge is 0.220 e. The zero-order valence-corrected chi connectivity index (χ0v) is 56.7. The first-order valence-corrected chi connectivity index (χ1v) is 35.7. The molecule has 0 aromatic carbocycles. The summed E-state index contributed by atoms with van der Waals surface area (Å²) in [6.07, 6.45) is 75.8. The van der Waals surface area contributed by atoms with E-state index in [-0.39, 0.29) is 18.9 Å². The van der Waals surface area contributed by atoms with Crippen LogP contribution in [-0.2, 0) is 23.7 Å². The lowest BCUT2D eigenvalue weighted by Gasteiger charge is -2.46. The molecular formula is C78H127NO13. The van der Waals surface area contributed by atoms with Crippen molar-refractivity contribution in [1.29, 1.82) is 0 Å². The van der Waals surface area contributed by atoms with Gasteiger partial charge in [0.15, 0.2) is 12.6 Å². The minimum atomic E-state index is -1.80. The average molecular weight is 1290 g/mol. The Morgan fingerprint density at radius 1 is 0.402 bits per heavy atom. The quantitative estimate of drug-likeness (QED) is 0.0204. The molecule has 12 unspecified atom stereocenters. The van der Waals surface area contributed by atoms with Crippen molar-refractivity contribution in [2.45, 2.75) is 306 Å². The second-order valence-corrected chi connectivity index (χ2v) is 24.3. The molecule has 14 heteroatoms. The molecule has 2 aliphatic heterocycles. The summed E-state index contributed by atoms with van der Waals surface area (Å²) in [4.78, 5) is 13.3. The van der Waals surface area contributed by atoms with E-state index in [0.29, 0.717) is 12.8 Å². The fraction of sp³-hybridized carbons (Fsp3) is 0.654. The number of unbranched alkanes of at least 4 members (excludes halogenated alkanes) is 19. The van der Waals surface area contributed by atoms with Crippen LogP contribution < -0.4 is 5.32 Å². The Morgan fingerprint density at radius 3 is 1.20 bits per heavy atom. The highest BCUT2D eigenvalue weighted by Crippen LogP contribution is 2.30. The predicted octanol–water partition coefficient (Wildman–Crippen LogP) is 15.0. The lowest BCUT2D eigenvalue weighted by Crippen LogP contribution is -2.65. The molecule has 14 nitrogen and oxygen atoms in total. The number of ether oxygens (including phenoxy) is 4. The van der Waals surface area contributed by atoms with Gasteiger partial charge in [0.25, 0.3) is 0 Å². The SMILES string of the molecule is CC/C=C\C/C=C\C/C=C\C/C=C\C/C=C\C/C=C\C/C=C\C/C=C\C/C=C\C/C=C\C/C=C\CCCCCCCCCC(=O)NC(COC1OC(CO)C(OC2OC(CO)C(O)C(O)C2O)C(O)C1O)C(O)/C=C/CC/C=C/CCCCCCCCCCCCC. The molecule has 12 atom stereocenters. The molecule has 0 aromatic heterocycles. The largest absolute Gasteiger partial charge is 0.394 e. The van der Waals surface area contributed by atoms with Gasteiger partial charge in [-0.05, 0) is 116 Å². The Bertz CT molecular complexity index is 2150. The van der Waals surface area contributed by atoms with E-state index in [1.165, 1.54) is 70.6 Å². The van der Waals surface area contributed by atoms with E-state index in [0.717, 1.165) is 128 Å². The topological polar surface area (TPSA) is 228 Å². The van der Waals surface area contributed by atoms with Crippen molar-refractivity contribution >= 4 is 5.91 Å². The number of nitrogens with one attached hydrogen (secondary N) is 1. The minimum Gasteiger partial charge on any atom is -0.394 e. The molecule has 0 saturated carbocycles. The van der Waals surface area contributed by atoms with Crippen LogP contribution in [0.1, 0.15) is 232 Å². The molecule has 522 valence electrons. The van der Waals surface area contributed by atoms with Gasteiger partial charge < -0.3 is 65.1 Å². The second kappa shape index (κ2) is 60.3. The summed E-state index contributed by atoms with van der Waals surface area (Å²) in [6.45, 7) is 2.65. The van der Waals surface area contributed by atoms with Gasteiger partial charge >= 0.3 is 0 Å². The van der Waals surface area contributed by atoms with Gasteiger partial charge in [-0.15, -0.1) is 0 Å². The summed E-state index contributed by atoms with van der Waals surface area (Å²) in [5.74, 6) is -0.267. The molecule has 1 amide bonds. The Morgan fingerprint density at radius 2 is 0.761 bits per heavy atom. The van der Waals surface area contributed by atoms with Crippen molar-refractivity contribution in [2.24, 2.45) is 0 Å². The molecule has 2 aliphatic rings. The van der Waals surface area contributed by atoms with Crippen LogP contribution in [0.25, 0.3) is 0 Å². The first-order chi connectivity index (χ1) is 45.1. The molecule has 92 heavy (non-hydrogen) atoms. The number of hydrogen-bond acceptors (Lipinski definition) is 13. The van der Waals surface area contributed by atoms with Crippen molar-refractivity contribution in [3.63, 3.8) is 0 Å². The van der Waals surface area contributed by atoms with Crippen molar-refractivity contribution in [3.8, 4) is 0 Å². The van der Waals surface area contributed by atoms with Gasteiger partial charge in [0.05, 0.1) is 32.0 Å². The Balaban J connectivity index is 1.65. The predicted molar refractivity (Wildman–Crippen MR) is 377 cm³/mol.